The molecule has 6 nitrogen and oxygen atoms in total. The van der Waals surface area contributed by atoms with Gasteiger partial charge in [-0.05, 0) is 12.1 Å². The molecular formula is C8H9N5O. The van der Waals surface area contributed by atoms with E-state index in [1.54, 1.807) is 6.07 Å². The van der Waals surface area contributed by atoms with Crippen LogP contribution in [0.4, 0.5) is 11.6 Å². The molecule has 0 saturated carbocycles. The summed E-state index contributed by atoms with van der Waals surface area (Å²) in [6.45, 7) is 0. The predicted octanol–water partition coefficient (Wildman–Crippen LogP) is -0.174. The molecule has 0 atom stereocenters. The lowest BCUT2D eigenvalue weighted by Gasteiger charge is -1.98. The van der Waals surface area contributed by atoms with Crippen molar-refractivity contribution in [3.63, 3.8) is 0 Å². The molecule has 1 amide bonds. The highest BCUT2D eigenvalue weighted by Gasteiger charge is 2.11. The van der Waals surface area contributed by atoms with E-state index >= 15 is 0 Å². The van der Waals surface area contributed by atoms with E-state index in [-0.39, 0.29) is 11.5 Å². The Morgan fingerprint density at radius 3 is 2.71 bits per heavy atom. The smallest absolute Gasteiger partial charge is 0.251 e. The number of hydrogen-bond acceptors (Lipinski definition) is 4. The number of carbonyl (C=O) groups is 1. The lowest BCUT2D eigenvalue weighted by molar-refractivity contribution is 0.100. The number of hydrogen-bond donors (Lipinski definition) is 4. The van der Waals surface area contributed by atoms with Crippen LogP contribution in [0.2, 0.25) is 0 Å². The highest BCUT2D eigenvalue weighted by Crippen LogP contribution is 2.20. The van der Waals surface area contributed by atoms with E-state index < -0.39 is 5.91 Å². The largest absolute Gasteiger partial charge is 0.399 e. The summed E-state index contributed by atoms with van der Waals surface area (Å²) in [6, 6.07) is 3.12. The quantitative estimate of drug-likeness (QED) is 0.467. The number of aromatic amines is 1. The number of H-pyrrole nitrogens is 1. The van der Waals surface area contributed by atoms with Crippen LogP contribution in [0.3, 0.4) is 0 Å². The zero-order chi connectivity index (χ0) is 10.3. The summed E-state index contributed by atoms with van der Waals surface area (Å²) in [7, 11) is 0. The molecule has 0 aliphatic rings. The Labute approximate surface area is 79.1 Å². The molecule has 0 spiro atoms. The third-order valence-corrected chi connectivity index (χ3v) is 1.89. The van der Waals surface area contributed by atoms with Crippen LogP contribution < -0.4 is 17.2 Å². The summed E-state index contributed by atoms with van der Waals surface area (Å²) in [6.07, 6.45) is 0. The molecular weight excluding hydrogens is 182 g/mol. The molecule has 1 aromatic heterocycles. The number of aromatic nitrogens is 2. The van der Waals surface area contributed by atoms with Gasteiger partial charge in [0.15, 0.2) is 5.95 Å². The zero-order valence-corrected chi connectivity index (χ0v) is 7.24. The highest BCUT2D eigenvalue weighted by atomic mass is 16.1. The van der Waals surface area contributed by atoms with Gasteiger partial charge >= 0.3 is 0 Å². The van der Waals surface area contributed by atoms with Crippen LogP contribution >= 0.6 is 0 Å². The lowest BCUT2D eigenvalue weighted by Crippen LogP contribution is -2.12. The maximum absolute atomic E-state index is 11.0. The van der Waals surface area contributed by atoms with Crippen LogP contribution in [0.1, 0.15) is 10.4 Å². The third kappa shape index (κ3) is 1.13. The van der Waals surface area contributed by atoms with E-state index in [1.807, 2.05) is 0 Å². The van der Waals surface area contributed by atoms with Crippen molar-refractivity contribution in [2.24, 2.45) is 5.73 Å². The van der Waals surface area contributed by atoms with Crippen molar-refractivity contribution in [2.45, 2.75) is 0 Å². The summed E-state index contributed by atoms with van der Waals surface area (Å²) in [5.41, 5.74) is 18.0. The molecule has 0 fully saturated rings. The van der Waals surface area contributed by atoms with Crippen molar-refractivity contribution in [1.82, 2.24) is 9.97 Å². The molecule has 0 radical (unpaired) electrons. The van der Waals surface area contributed by atoms with Gasteiger partial charge in [-0.3, -0.25) is 4.79 Å². The molecule has 0 aliphatic carbocycles. The Balaban J connectivity index is 2.85. The van der Waals surface area contributed by atoms with E-state index in [2.05, 4.69) is 9.97 Å². The number of amides is 1. The summed E-state index contributed by atoms with van der Waals surface area (Å²) >= 11 is 0. The van der Waals surface area contributed by atoms with E-state index in [0.29, 0.717) is 16.7 Å². The fourth-order valence-electron chi connectivity index (χ4n) is 1.35. The number of rotatable bonds is 1. The number of nitrogens with zero attached hydrogens (tertiary/aromatic N) is 1. The van der Waals surface area contributed by atoms with Gasteiger partial charge in [0.1, 0.15) is 5.52 Å². The van der Waals surface area contributed by atoms with Crippen LogP contribution in [0.15, 0.2) is 12.1 Å². The SMILES string of the molecule is NC(=O)c1cc(N)cc2[nH]c(N)nc12. The Hall–Kier alpha value is -2.24. The maximum atomic E-state index is 11.0. The fraction of sp³-hybridized carbons (Fsp3) is 0. The second-order valence-electron chi connectivity index (χ2n) is 2.95. The van der Waals surface area contributed by atoms with Crippen molar-refractivity contribution < 1.29 is 4.79 Å². The van der Waals surface area contributed by atoms with E-state index in [9.17, 15) is 4.79 Å². The summed E-state index contributed by atoms with van der Waals surface area (Å²) < 4.78 is 0. The number of fused-ring (bicyclic) bond motifs is 1. The van der Waals surface area contributed by atoms with E-state index in [1.165, 1.54) is 6.07 Å². The molecule has 2 rings (SSSR count). The Morgan fingerprint density at radius 2 is 2.07 bits per heavy atom. The second kappa shape index (κ2) is 2.63. The monoisotopic (exact) mass is 191 g/mol. The van der Waals surface area contributed by atoms with Crippen LogP contribution in [-0.4, -0.2) is 15.9 Å². The number of benzene rings is 1. The lowest BCUT2D eigenvalue weighted by atomic mass is 10.1. The van der Waals surface area contributed by atoms with Crippen LogP contribution in [-0.2, 0) is 0 Å². The average Bonchev–Trinajstić information content (AvgIpc) is 2.42. The van der Waals surface area contributed by atoms with Crippen molar-refractivity contribution in [1.29, 1.82) is 0 Å². The number of nitrogen functional groups attached to an aromatic ring is 2. The van der Waals surface area contributed by atoms with Crippen molar-refractivity contribution in [3.05, 3.63) is 17.7 Å². The van der Waals surface area contributed by atoms with Crippen LogP contribution in [0.5, 0.6) is 0 Å². The zero-order valence-electron chi connectivity index (χ0n) is 7.24. The highest BCUT2D eigenvalue weighted by molar-refractivity contribution is 6.05. The van der Waals surface area contributed by atoms with Gasteiger partial charge in [0.2, 0.25) is 0 Å². The van der Waals surface area contributed by atoms with Crippen molar-refractivity contribution in [3.8, 4) is 0 Å². The molecule has 0 bridgehead atoms. The Bertz CT molecular complexity index is 516. The fourth-order valence-corrected chi connectivity index (χ4v) is 1.35. The van der Waals surface area contributed by atoms with Gasteiger partial charge in [0, 0.05) is 5.69 Å². The second-order valence-corrected chi connectivity index (χ2v) is 2.95. The van der Waals surface area contributed by atoms with Crippen LogP contribution in [0, 0.1) is 0 Å². The molecule has 0 saturated heterocycles. The first-order valence-corrected chi connectivity index (χ1v) is 3.92. The number of nitrogens with two attached hydrogens (primary N) is 3. The molecule has 1 aromatic carbocycles. The van der Waals surface area contributed by atoms with Gasteiger partial charge in [0.25, 0.3) is 5.91 Å². The van der Waals surface area contributed by atoms with Gasteiger partial charge < -0.3 is 22.2 Å². The molecule has 2 aromatic rings. The number of carbonyl (C=O) groups excluding carboxylic acids is 1. The molecule has 14 heavy (non-hydrogen) atoms. The van der Waals surface area contributed by atoms with Crippen molar-refractivity contribution >= 4 is 28.6 Å². The topological polar surface area (TPSA) is 124 Å². The first-order valence-electron chi connectivity index (χ1n) is 3.92. The maximum Gasteiger partial charge on any atom is 0.251 e. The average molecular weight is 191 g/mol. The molecule has 1 heterocycles. The van der Waals surface area contributed by atoms with E-state index in [0.717, 1.165) is 0 Å². The summed E-state index contributed by atoms with van der Waals surface area (Å²) in [5.74, 6) is -0.345. The van der Waals surface area contributed by atoms with Crippen molar-refractivity contribution in [2.75, 3.05) is 11.5 Å². The molecule has 72 valence electrons. The summed E-state index contributed by atoms with van der Waals surface area (Å²) in [4.78, 5) is 17.8. The minimum Gasteiger partial charge on any atom is -0.399 e. The van der Waals surface area contributed by atoms with E-state index in [4.69, 9.17) is 17.2 Å². The first-order chi connectivity index (χ1) is 6.58. The van der Waals surface area contributed by atoms with Gasteiger partial charge in [-0.1, -0.05) is 0 Å². The van der Waals surface area contributed by atoms with Gasteiger partial charge in [-0.2, -0.15) is 0 Å². The number of imidazole rings is 1. The number of primary amides is 1. The normalized spacial score (nSPS) is 10.6. The standard InChI is InChI=1S/C8H9N5O/c9-3-1-4(7(10)14)6-5(2-3)12-8(11)13-6/h1-2H,9H2,(H2,10,14)(H3,11,12,13). The summed E-state index contributed by atoms with van der Waals surface area (Å²) in [5, 5.41) is 0. The van der Waals surface area contributed by atoms with Gasteiger partial charge in [-0.25, -0.2) is 4.98 Å². The van der Waals surface area contributed by atoms with Gasteiger partial charge in [0.05, 0.1) is 11.1 Å². The van der Waals surface area contributed by atoms with Crippen LogP contribution in [0.25, 0.3) is 11.0 Å². The first kappa shape index (κ1) is 8.36. The Morgan fingerprint density at radius 1 is 1.36 bits per heavy atom. The molecule has 7 N–H and O–H groups in total. The number of nitrogens with one attached hydrogen (secondary N) is 1. The Kier molecular flexibility index (Phi) is 1.57. The molecule has 6 heteroatoms. The number of anilines is 2. The molecule has 0 unspecified atom stereocenters. The third-order valence-electron chi connectivity index (χ3n) is 1.89. The minimum atomic E-state index is -0.575. The minimum absolute atomic E-state index is 0.230. The molecule has 0 aliphatic heterocycles. The predicted molar refractivity (Wildman–Crippen MR) is 53.4 cm³/mol. The van der Waals surface area contributed by atoms with Gasteiger partial charge in [-0.15, -0.1) is 0 Å².